The Bertz CT molecular complexity index is 2050. The number of H-pyrrole nitrogens is 1. The molecule has 0 aliphatic carbocycles. The van der Waals surface area contributed by atoms with E-state index in [1.165, 1.54) is 17.1 Å². The fourth-order valence-electron chi connectivity index (χ4n) is 5.72. The zero-order valence-corrected chi connectivity index (χ0v) is 29.7. The number of likely N-dealkylation sites (N-methyl/N-ethyl adjacent to an activating group) is 1. The summed E-state index contributed by atoms with van der Waals surface area (Å²) in [6.45, 7) is 9.62. The first-order valence-electron chi connectivity index (χ1n) is 16.3. The first-order valence-corrected chi connectivity index (χ1v) is 16.7. The summed E-state index contributed by atoms with van der Waals surface area (Å²) in [5.74, 6) is 0.759. The van der Waals surface area contributed by atoms with Crippen LogP contribution in [0.15, 0.2) is 68.2 Å². The second-order valence-corrected chi connectivity index (χ2v) is 12.5. The van der Waals surface area contributed by atoms with Gasteiger partial charge in [-0.1, -0.05) is 24.6 Å². The molecular formula is C35H41ClF3N9O2. The van der Waals surface area contributed by atoms with Crippen molar-refractivity contribution >= 4 is 34.1 Å². The van der Waals surface area contributed by atoms with Crippen molar-refractivity contribution < 1.29 is 17.6 Å². The van der Waals surface area contributed by atoms with Crippen LogP contribution in [0.4, 0.5) is 18.9 Å². The highest BCUT2D eigenvalue weighted by atomic mass is 35.5. The van der Waals surface area contributed by atoms with Crippen molar-refractivity contribution in [1.29, 1.82) is 0 Å². The van der Waals surface area contributed by atoms with Crippen LogP contribution in [0.25, 0.3) is 22.5 Å². The first kappa shape index (κ1) is 36.6. The van der Waals surface area contributed by atoms with Crippen molar-refractivity contribution in [3.63, 3.8) is 0 Å². The number of aromatic amines is 1. The molecule has 0 fully saturated rings. The van der Waals surface area contributed by atoms with E-state index in [1.807, 2.05) is 32.8 Å². The third-order valence-corrected chi connectivity index (χ3v) is 9.11. The van der Waals surface area contributed by atoms with Gasteiger partial charge >= 0.3 is 6.18 Å². The summed E-state index contributed by atoms with van der Waals surface area (Å²) >= 11 is 6.43. The summed E-state index contributed by atoms with van der Waals surface area (Å²) in [7, 11) is 3.83. The summed E-state index contributed by atoms with van der Waals surface area (Å²) in [5, 5.41) is 6.19. The number of aryl methyl sites for hydroxylation is 2. The number of nitrogens with one attached hydrogen (secondary N) is 2. The van der Waals surface area contributed by atoms with Crippen molar-refractivity contribution in [2.75, 3.05) is 45.3 Å². The van der Waals surface area contributed by atoms with Crippen LogP contribution in [0, 0.1) is 6.92 Å². The van der Waals surface area contributed by atoms with Crippen LogP contribution in [-0.4, -0.2) is 75.7 Å². The monoisotopic (exact) mass is 711 g/mol. The summed E-state index contributed by atoms with van der Waals surface area (Å²) < 4.78 is 47.5. The molecule has 11 nitrogen and oxygen atoms in total. The quantitative estimate of drug-likeness (QED) is 0.180. The maximum atomic E-state index is 14.9. The molecule has 0 bridgehead atoms. The van der Waals surface area contributed by atoms with Gasteiger partial charge in [0.25, 0.3) is 5.56 Å². The van der Waals surface area contributed by atoms with Gasteiger partial charge in [-0.3, -0.25) is 14.9 Å². The largest absolute Gasteiger partial charge is 0.441 e. The Morgan fingerprint density at radius 2 is 1.88 bits per heavy atom. The number of hydrogen-bond acceptors (Lipinski definition) is 9. The number of benzene rings is 2. The average Bonchev–Trinajstić information content (AvgIpc) is 3.48. The van der Waals surface area contributed by atoms with E-state index in [1.54, 1.807) is 25.1 Å². The van der Waals surface area contributed by atoms with Gasteiger partial charge in [0.15, 0.2) is 17.3 Å². The van der Waals surface area contributed by atoms with Crippen molar-refractivity contribution in [2.45, 2.75) is 53.3 Å². The number of hydrogen-bond donors (Lipinski definition) is 2. The number of rotatable bonds is 11. The zero-order valence-electron chi connectivity index (χ0n) is 29.0. The van der Waals surface area contributed by atoms with Gasteiger partial charge in [0, 0.05) is 62.0 Å². The molecule has 0 saturated heterocycles. The van der Waals surface area contributed by atoms with Crippen LogP contribution >= 0.6 is 11.6 Å². The van der Waals surface area contributed by atoms with E-state index in [-0.39, 0.29) is 17.4 Å². The lowest BCUT2D eigenvalue weighted by molar-refractivity contribution is -0.137. The van der Waals surface area contributed by atoms with Gasteiger partial charge in [0.2, 0.25) is 0 Å². The van der Waals surface area contributed by atoms with Crippen molar-refractivity contribution in [3.05, 3.63) is 92.1 Å². The number of nitrogens with zero attached hydrogens (tertiary/aromatic N) is 7. The Morgan fingerprint density at radius 3 is 2.58 bits per heavy atom. The van der Waals surface area contributed by atoms with Gasteiger partial charge in [-0.25, -0.2) is 19.6 Å². The van der Waals surface area contributed by atoms with Crippen molar-refractivity contribution in [1.82, 2.24) is 34.9 Å². The molecule has 0 unspecified atom stereocenters. The van der Waals surface area contributed by atoms with Gasteiger partial charge in [-0.05, 0) is 68.8 Å². The molecule has 266 valence electrons. The van der Waals surface area contributed by atoms with E-state index in [2.05, 4.69) is 37.2 Å². The smallest absolute Gasteiger partial charge is 0.416 e. The van der Waals surface area contributed by atoms with E-state index >= 15 is 0 Å². The molecule has 15 heteroatoms. The van der Waals surface area contributed by atoms with Crippen LogP contribution in [0.5, 0.6) is 0 Å². The molecule has 50 heavy (non-hydrogen) atoms. The van der Waals surface area contributed by atoms with Crippen LogP contribution in [0.1, 0.15) is 49.9 Å². The summed E-state index contributed by atoms with van der Waals surface area (Å²) in [4.78, 5) is 37.4. The maximum Gasteiger partial charge on any atom is 0.416 e. The highest BCUT2D eigenvalue weighted by molar-refractivity contribution is 6.31. The number of allylic oxidation sites excluding steroid dienone is 2. The highest BCUT2D eigenvalue weighted by Gasteiger charge is 2.31. The van der Waals surface area contributed by atoms with Crippen molar-refractivity contribution in [3.8, 4) is 11.4 Å². The van der Waals surface area contributed by atoms with E-state index in [0.29, 0.717) is 78.6 Å². The molecule has 2 N–H and O–H groups in total. The Balaban J connectivity index is 1.70. The summed E-state index contributed by atoms with van der Waals surface area (Å²) in [6.07, 6.45) is -2.20. The van der Waals surface area contributed by atoms with E-state index in [4.69, 9.17) is 21.0 Å². The zero-order chi connectivity index (χ0) is 36.2. The predicted octanol–water partition coefficient (Wildman–Crippen LogP) is 6.54. The van der Waals surface area contributed by atoms with Crippen LogP contribution in [-0.2, 0) is 19.1 Å². The molecule has 1 aliphatic heterocycles. The third kappa shape index (κ3) is 8.19. The topological polar surface area (TPSA) is 120 Å². The lowest BCUT2D eigenvalue weighted by Crippen LogP contribution is -2.39. The molecule has 0 spiro atoms. The molecule has 0 saturated carbocycles. The minimum atomic E-state index is -4.58. The fraction of sp³-hybridized carbons (Fsp3) is 0.400. The van der Waals surface area contributed by atoms with E-state index in [9.17, 15) is 18.0 Å². The van der Waals surface area contributed by atoms with Crippen LogP contribution in [0.2, 0.25) is 5.02 Å². The molecule has 5 rings (SSSR count). The number of anilines is 1. The summed E-state index contributed by atoms with van der Waals surface area (Å²) in [6, 6.07) is 8.39. The Hall–Kier alpha value is -4.69. The van der Waals surface area contributed by atoms with E-state index in [0.717, 1.165) is 29.1 Å². The molecule has 2 aromatic carbocycles. The SMILES string of the molecule is CCc1ncnc(-c2ccc3oc(C)nc3c2)[nH]n(Cc2ccc(C(F)(F)F)cc2Cl)c(=O)c1N(CCNC)CCC1=NCN(C)C(C)=C1C. The van der Waals surface area contributed by atoms with Crippen molar-refractivity contribution in [2.24, 2.45) is 4.99 Å². The van der Waals surface area contributed by atoms with E-state index < -0.39 is 17.3 Å². The lowest BCUT2D eigenvalue weighted by atomic mass is 10.0. The molecule has 1 aliphatic rings. The second kappa shape index (κ2) is 15.5. The molecule has 0 atom stereocenters. The highest BCUT2D eigenvalue weighted by Crippen LogP contribution is 2.32. The lowest BCUT2D eigenvalue weighted by Gasteiger charge is -2.29. The molecule has 0 amide bonds. The second-order valence-electron chi connectivity index (χ2n) is 12.1. The first-order chi connectivity index (χ1) is 23.8. The standard InChI is InChI=1S/C35H41ClF3N9O2/c1-7-28-32(47(15-13-40-5)14-12-29-21(2)22(3)46(6)20-43-29)34(49)48(18-25-8-10-26(17-27(25)36)35(37,38)39)45-33(42-19-41-28)24-9-11-31-30(16-24)44-23(4)50-31/h8-11,16-17,19,40H,7,12-15,18,20H2,1-6H3,(H,41,42,45). The van der Waals surface area contributed by atoms with Gasteiger partial charge < -0.3 is 19.5 Å². The predicted molar refractivity (Wildman–Crippen MR) is 190 cm³/mol. The maximum absolute atomic E-state index is 14.9. The molecule has 4 aromatic rings. The van der Waals surface area contributed by atoms with Gasteiger partial charge in [-0.2, -0.15) is 13.2 Å². The molecule has 3 heterocycles. The number of aromatic nitrogens is 5. The van der Waals surface area contributed by atoms with Gasteiger partial charge in [0.1, 0.15) is 24.2 Å². The number of oxazole rings is 1. The minimum absolute atomic E-state index is 0.130. The number of aliphatic imine (C=N–C) groups is 1. The number of fused-ring (bicyclic) bond motifs is 1. The van der Waals surface area contributed by atoms with Crippen LogP contribution in [0.3, 0.4) is 0 Å². The minimum Gasteiger partial charge on any atom is -0.441 e. The van der Waals surface area contributed by atoms with Gasteiger partial charge in [0.05, 0.1) is 17.8 Å². The average molecular weight is 712 g/mol. The molecular weight excluding hydrogens is 671 g/mol. The number of alkyl halides is 3. The Morgan fingerprint density at radius 1 is 1.10 bits per heavy atom. The fourth-order valence-corrected chi connectivity index (χ4v) is 5.96. The van der Waals surface area contributed by atoms with Gasteiger partial charge in [-0.15, -0.1) is 0 Å². The normalized spacial score (nSPS) is 13.6. The third-order valence-electron chi connectivity index (χ3n) is 8.76. The Kier molecular flexibility index (Phi) is 11.3. The molecule has 2 aromatic heterocycles. The van der Waals surface area contributed by atoms with Crippen LogP contribution < -0.4 is 15.8 Å². The molecule has 0 radical (unpaired) electrons. The Labute approximate surface area is 293 Å². The number of halogens is 4. The summed E-state index contributed by atoms with van der Waals surface area (Å²) in [5.41, 5.74) is 4.75.